The molecule has 0 fully saturated rings. The van der Waals surface area contributed by atoms with E-state index in [1.807, 2.05) is 0 Å². The van der Waals surface area contributed by atoms with Crippen molar-refractivity contribution in [3.63, 3.8) is 0 Å². The monoisotopic (exact) mass is 333 g/mol. The number of azo groups is 1. The quantitative estimate of drug-likeness (QED) is 0.715. The molecule has 0 amide bonds. The number of hydrogen-bond donors (Lipinski definition) is 2. The molecule has 0 aliphatic carbocycles. The summed E-state index contributed by atoms with van der Waals surface area (Å²) >= 11 is 0. The lowest BCUT2D eigenvalue weighted by molar-refractivity contribution is 0.459. The lowest BCUT2D eigenvalue weighted by Crippen LogP contribution is -1.99. The number of hydrogen-bond acceptors (Lipinski definition) is 5. The molecule has 23 heavy (non-hydrogen) atoms. The van der Waals surface area contributed by atoms with Gasteiger partial charge in [0, 0.05) is 5.39 Å². The van der Waals surface area contributed by atoms with Gasteiger partial charge in [0.2, 0.25) is 5.88 Å². The largest absolute Gasteiger partial charge is 0.493 e. The molecule has 3 aromatic rings. The summed E-state index contributed by atoms with van der Waals surface area (Å²) in [7, 11) is -4.03. The summed E-state index contributed by atoms with van der Waals surface area (Å²) in [5.41, 5.74) is 0.910. The van der Waals surface area contributed by atoms with Crippen molar-refractivity contribution < 1.29 is 17.9 Å². The van der Waals surface area contributed by atoms with Gasteiger partial charge in [-0.15, -0.1) is 10.3 Å². The first-order valence-corrected chi connectivity index (χ1v) is 7.84. The second-order valence-corrected chi connectivity index (χ2v) is 6.19. The van der Waals surface area contributed by atoms with Crippen LogP contribution in [0.3, 0.4) is 0 Å². The first-order chi connectivity index (χ1) is 10.8. The SMILES string of the molecule is [NH]S(=O)(=O)c1ccc(N=Nc2c(O)[nH]c3ccc(F)cc23)cc1. The summed E-state index contributed by atoms with van der Waals surface area (Å²) < 4.78 is 35.4. The second-order valence-electron chi connectivity index (χ2n) is 4.71. The standard InChI is InChI=1S/C14H10FN4O3S/c15-8-1-6-12-11(7-8)13(14(20)17-12)19-18-9-2-4-10(5-3-9)23(16,21)22/h1-7,16-17,20H. The van der Waals surface area contributed by atoms with E-state index < -0.39 is 15.8 Å². The van der Waals surface area contributed by atoms with Gasteiger partial charge < -0.3 is 10.1 Å². The highest BCUT2D eigenvalue weighted by Crippen LogP contribution is 2.36. The minimum Gasteiger partial charge on any atom is -0.493 e. The maximum atomic E-state index is 13.3. The predicted octanol–water partition coefficient (Wildman–Crippen LogP) is 3.40. The highest BCUT2D eigenvalue weighted by Gasteiger charge is 2.11. The fourth-order valence-electron chi connectivity index (χ4n) is 2.04. The van der Waals surface area contributed by atoms with Gasteiger partial charge in [0.25, 0.3) is 10.0 Å². The van der Waals surface area contributed by atoms with Crippen molar-refractivity contribution in [3.8, 4) is 5.88 Å². The van der Waals surface area contributed by atoms with Crippen LogP contribution in [-0.4, -0.2) is 18.5 Å². The van der Waals surface area contributed by atoms with Gasteiger partial charge in [0.15, 0.2) is 5.69 Å². The minimum atomic E-state index is -4.03. The highest BCUT2D eigenvalue weighted by molar-refractivity contribution is 7.88. The van der Waals surface area contributed by atoms with Crippen molar-refractivity contribution in [3.05, 3.63) is 48.3 Å². The molecule has 0 unspecified atom stereocenters. The number of sulfonamides is 1. The van der Waals surface area contributed by atoms with Crippen molar-refractivity contribution >= 4 is 32.3 Å². The van der Waals surface area contributed by atoms with Crippen molar-refractivity contribution in [2.24, 2.45) is 10.2 Å². The smallest absolute Gasteiger partial charge is 0.254 e. The lowest BCUT2D eigenvalue weighted by atomic mass is 10.2. The van der Waals surface area contributed by atoms with Gasteiger partial charge in [-0.25, -0.2) is 12.8 Å². The van der Waals surface area contributed by atoms with E-state index in [4.69, 9.17) is 5.14 Å². The van der Waals surface area contributed by atoms with E-state index in [-0.39, 0.29) is 16.5 Å². The molecule has 0 spiro atoms. The molecule has 1 radical (unpaired) electrons. The molecule has 0 bridgehead atoms. The van der Waals surface area contributed by atoms with Crippen molar-refractivity contribution in [2.75, 3.05) is 0 Å². The van der Waals surface area contributed by atoms with Crippen LogP contribution < -0.4 is 5.14 Å². The van der Waals surface area contributed by atoms with Crippen molar-refractivity contribution in [1.29, 1.82) is 0 Å². The molecule has 9 heteroatoms. The molecule has 3 N–H and O–H groups in total. The first kappa shape index (κ1) is 15.1. The molecule has 0 atom stereocenters. The molecule has 1 aromatic heterocycles. The van der Waals surface area contributed by atoms with Gasteiger partial charge in [0.05, 0.1) is 16.1 Å². The Bertz CT molecular complexity index is 1010. The second kappa shape index (κ2) is 5.45. The van der Waals surface area contributed by atoms with Crippen LogP contribution in [0.1, 0.15) is 0 Å². The lowest BCUT2D eigenvalue weighted by Gasteiger charge is -1.97. The fourth-order valence-corrected chi connectivity index (χ4v) is 2.53. The molecule has 7 nitrogen and oxygen atoms in total. The molecule has 0 saturated heterocycles. The third-order valence-corrected chi connectivity index (χ3v) is 4.02. The number of aromatic hydroxyl groups is 1. The van der Waals surface area contributed by atoms with Crippen LogP contribution in [0.4, 0.5) is 15.8 Å². The summed E-state index contributed by atoms with van der Waals surface area (Å²) in [4.78, 5) is 2.49. The molecule has 0 saturated carbocycles. The summed E-state index contributed by atoms with van der Waals surface area (Å²) in [5, 5.41) is 24.9. The Morgan fingerprint density at radius 2 is 1.78 bits per heavy atom. The van der Waals surface area contributed by atoms with Crippen LogP contribution in [0, 0.1) is 5.82 Å². The van der Waals surface area contributed by atoms with E-state index in [9.17, 15) is 17.9 Å². The number of aromatic amines is 1. The van der Waals surface area contributed by atoms with Crippen LogP contribution >= 0.6 is 0 Å². The number of aromatic nitrogens is 1. The Hall–Kier alpha value is -2.78. The zero-order chi connectivity index (χ0) is 16.6. The molecule has 0 aliphatic heterocycles. The summed E-state index contributed by atoms with van der Waals surface area (Å²) in [5.74, 6) is -0.724. The van der Waals surface area contributed by atoms with Crippen LogP contribution in [0.2, 0.25) is 0 Å². The van der Waals surface area contributed by atoms with Gasteiger partial charge in [-0.1, -0.05) is 0 Å². The molecular formula is C14H10FN4O3S. The molecule has 1 heterocycles. The van der Waals surface area contributed by atoms with Gasteiger partial charge in [-0.05, 0) is 42.5 Å². The van der Waals surface area contributed by atoms with Gasteiger partial charge in [-0.3, -0.25) is 0 Å². The molecule has 117 valence electrons. The molecular weight excluding hydrogens is 323 g/mol. The van der Waals surface area contributed by atoms with Crippen LogP contribution in [0.25, 0.3) is 10.9 Å². The molecule has 3 rings (SSSR count). The number of halogens is 1. The Morgan fingerprint density at radius 3 is 2.43 bits per heavy atom. The molecule has 2 aromatic carbocycles. The maximum Gasteiger partial charge on any atom is 0.254 e. The average molecular weight is 333 g/mol. The van der Waals surface area contributed by atoms with E-state index in [0.29, 0.717) is 16.6 Å². The van der Waals surface area contributed by atoms with Crippen LogP contribution in [-0.2, 0) is 10.0 Å². The van der Waals surface area contributed by atoms with Gasteiger partial charge >= 0.3 is 0 Å². The number of nitrogens with zero attached hydrogens (tertiary/aromatic N) is 2. The molecule has 0 aliphatic rings. The third-order valence-electron chi connectivity index (χ3n) is 3.13. The normalized spacial score (nSPS) is 12.3. The minimum absolute atomic E-state index is 0.0803. The van der Waals surface area contributed by atoms with E-state index >= 15 is 0 Å². The highest BCUT2D eigenvalue weighted by atomic mass is 32.2. The Labute approximate surface area is 130 Å². The van der Waals surface area contributed by atoms with E-state index in [1.165, 1.54) is 42.5 Å². The van der Waals surface area contributed by atoms with Crippen molar-refractivity contribution in [1.82, 2.24) is 10.1 Å². The number of H-pyrrole nitrogens is 1. The first-order valence-electron chi connectivity index (χ1n) is 6.36. The Kier molecular flexibility index (Phi) is 3.58. The third kappa shape index (κ3) is 3.05. The Balaban J connectivity index is 1.97. The van der Waals surface area contributed by atoms with Gasteiger partial charge in [0.1, 0.15) is 5.82 Å². The topological polar surface area (TPSA) is 119 Å². The predicted molar refractivity (Wildman–Crippen MR) is 80.8 cm³/mol. The van der Waals surface area contributed by atoms with Gasteiger partial charge in [-0.2, -0.15) is 5.11 Å². The van der Waals surface area contributed by atoms with Crippen LogP contribution in [0.15, 0.2) is 57.6 Å². The zero-order valence-corrected chi connectivity index (χ0v) is 12.3. The Morgan fingerprint density at radius 1 is 1.09 bits per heavy atom. The van der Waals surface area contributed by atoms with E-state index in [0.717, 1.165) is 0 Å². The number of nitrogens with one attached hydrogen (secondary N) is 2. The summed E-state index contributed by atoms with van der Waals surface area (Å²) in [6.07, 6.45) is 0. The van der Waals surface area contributed by atoms with Crippen LogP contribution in [0.5, 0.6) is 5.88 Å². The summed E-state index contributed by atoms with van der Waals surface area (Å²) in [6, 6.07) is 9.14. The average Bonchev–Trinajstić information content (AvgIpc) is 2.79. The number of fused-ring (bicyclic) bond motifs is 1. The van der Waals surface area contributed by atoms with E-state index in [2.05, 4.69) is 15.2 Å². The number of benzene rings is 2. The van der Waals surface area contributed by atoms with Crippen molar-refractivity contribution in [2.45, 2.75) is 4.90 Å². The zero-order valence-electron chi connectivity index (χ0n) is 11.5. The number of rotatable bonds is 3. The summed E-state index contributed by atoms with van der Waals surface area (Å²) in [6.45, 7) is 0. The fraction of sp³-hybridized carbons (Fsp3) is 0. The maximum absolute atomic E-state index is 13.3. The van der Waals surface area contributed by atoms with E-state index in [1.54, 1.807) is 0 Å².